The van der Waals surface area contributed by atoms with Gasteiger partial charge < -0.3 is 9.72 Å². The third kappa shape index (κ3) is 3.56. The number of aromatic amines is 1. The molecular formula is C19H15ClN2O3. The van der Waals surface area contributed by atoms with E-state index in [9.17, 15) is 9.59 Å². The summed E-state index contributed by atoms with van der Waals surface area (Å²) in [7, 11) is 1.30. The molecule has 0 aliphatic carbocycles. The molecule has 3 rings (SSSR count). The molecule has 1 aromatic heterocycles. The molecular weight excluding hydrogens is 340 g/mol. The van der Waals surface area contributed by atoms with Gasteiger partial charge in [-0.3, -0.25) is 10.1 Å². The van der Waals surface area contributed by atoms with Gasteiger partial charge in [-0.2, -0.15) is 0 Å². The molecule has 2 aromatic carbocycles. The molecule has 0 radical (unpaired) electrons. The number of anilines is 1. The van der Waals surface area contributed by atoms with E-state index >= 15 is 0 Å². The Morgan fingerprint density at radius 3 is 2.44 bits per heavy atom. The molecule has 0 unspecified atom stereocenters. The summed E-state index contributed by atoms with van der Waals surface area (Å²) in [5.74, 6) is -0.138. The molecule has 25 heavy (non-hydrogen) atoms. The number of amides is 1. The number of rotatable bonds is 4. The summed E-state index contributed by atoms with van der Waals surface area (Å²) >= 11 is 5.88. The van der Waals surface area contributed by atoms with Crippen LogP contribution in [0.25, 0.3) is 11.1 Å². The van der Waals surface area contributed by atoms with Gasteiger partial charge in [-0.25, -0.2) is 4.79 Å². The van der Waals surface area contributed by atoms with Crippen molar-refractivity contribution in [2.24, 2.45) is 0 Å². The molecule has 0 atom stereocenters. The second kappa shape index (κ2) is 7.23. The Morgan fingerprint density at radius 1 is 1.00 bits per heavy atom. The van der Waals surface area contributed by atoms with Gasteiger partial charge in [0.2, 0.25) is 0 Å². The minimum absolute atomic E-state index is 0.138. The van der Waals surface area contributed by atoms with Gasteiger partial charge in [0.15, 0.2) is 5.78 Å². The van der Waals surface area contributed by atoms with Crippen LogP contribution >= 0.6 is 11.6 Å². The van der Waals surface area contributed by atoms with E-state index in [2.05, 4.69) is 15.0 Å². The Morgan fingerprint density at radius 2 is 1.72 bits per heavy atom. The number of hydrogen-bond acceptors (Lipinski definition) is 3. The first-order chi connectivity index (χ1) is 12.1. The third-order valence-electron chi connectivity index (χ3n) is 3.74. The first-order valence-corrected chi connectivity index (χ1v) is 7.89. The largest absolute Gasteiger partial charge is 0.453 e. The number of benzene rings is 2. The Balaban J connectivity index is 2.01. The maximum absolute atomic E-state index is 12.8. The zero-order valence-electron chi connectivity index (χ0n) is 13.4. The number of carbonyl (C=O) groups is 2. The fourth-order valence-corrected chi connectivity index (χ4v) is 2.65. The number of halogens is 1. The van der Waals surface area contributed by atoms with E-state index in [4.69, 9.17) is 11.6 Å². The molecule has 0 fully saturated rings. The lowest BCUT2D eigenvalue weighted by Gasteiger charge is -2.11. The summed E-state index contributed by atoms with van der Waals surface area (Å²) in [6.45, 7) is 0. The molecule has 2 N–H and O–H groups in total. The quantitative estimate of drug-likeness (QED) is 0.664. The number of hydrogen-bond donors (Lipinski definition) is 2. The van der Waals surface area contributed by atoms with Crippen LogP contribution in [0.3, 0.4) is 0 Å². The molecule has 6 heteroatoms. The van der Waals surface area contributed by atoms with Crippen LogP contribution in [0.5, 0.6) is 0 Å². The second-order valence-corrected chi connectivity index (χ2v) is 5.72. The molecule has 0 saturated heterocycles. The second-order valence-electron chi connectivity index (χ2n) is 5.28. The first-order valence-electron chi connectivity index (χ1n) is 7.51. The predicted molar refractivity (Wildman–Crippen MR) is 97.1 cm³/mol. The zero-order chi connectivity index (χ0) is 17.8. The number of ketones is 1. The SMILES string of the molecule is COC(=O)Nc1ccccc1-c1c[nH]cc1C(=O)c1ccc(Cl)cc1. The summed E-state index contributed by atoms with van der Waals surface area (Å²) in [6.07, 6.45) is 2.79. The van der Waals surface area contributed by atoms with Gasteiger partial charge in [0.05, 0.1) is 12.8 Å². The van der Waals surface area contributed by atoms with E-state index in [0.717, 1.165) is 0 Å². The Kier molecular flexibility index (Phi) is 4.86. The highest BCUT2D eigenvalue weighted by Gasteiger charge is 2.18. The molecule has 126 valence electrons. The van der Waals surface area contributed by atoms with E-state index in [1.165, 1.54) is 7.11 Å². The maximum atomic E-state index is 12.8. The summed E-state index contributed by atoms with van der Waals surface area (Å²) < 4.78 is 4.65. The van der Waals surface area contributed by atoms with Crippen molar-refractivity contribution in [2.75, 3.05) is 12.4 Å². The minimum atomic E-state index is -0.575. The van der Waals surface area contributed by atoms with Crippen LogP contribution in [-0.4, -0.2) is 24.0 Å². The molecule has 0 spiro atoms. The molecule has 3 aromatic rings. The van der Waals surface area contributed by atoms with Gasteiger partial charge in [0.1, 0.15) is 0 Å². The van der Waals surface area contributed by atoms with Crippen molar-refractivity contribution >= 4 is 29.2 Å². The first kappa shape index (κ1) is 16.8. The molecule has 0 aliphatic heterocycles. The standard InChI is InChI=1S/C19H15ClN2O3/c1-25-19(24)22-17-5-3-2-4-14(17)15-10-21-11-16(15)18(23)12-6-8-13(20)9-7-12/h2-11,21H,1H3,(H,22,24). The number of methoxy groups -OCH3 is 1. The van der Waals surface area contributed by atoms with Crippen LogP contribution < -0.4 is 5.32 Å². The number of para-hydroxylation sites is 1. The summed E-state index contributed by atoms with van der Waals surface area (Å²) in [6, 6.07) is 13.9. The van der Waals surface area contributed by atoms with Crippen molar-refractivity contribution in [3.63, 3.8) is 0 Å². The number of ether oxygens (including phenoxy) is 1. The Bertz CT molecular complexity index is 916. The Hall–Kier alpha value is -3.05. The van der Waals surface area contributed by atoms with Gasteiger partial charge >= 0.3 is 6.09 Å². The van der Waals surface area contributed by atoms with E-state index in [-0.39, 0.29) is 5.78 Å². The van der Waals surface area contributed by atoms with Crippen LogP contribution in [0.4, 0.5) is 10.5 Å². The fraction of sp³-hybridized carbons (Fsp3) is 0.0526. The fourth-order valence-electron chi connectivity index (χ4n) is 2.52. The number of aromatic nitrogens is 1. The molecule has 1 heterocycles. The van der Waals surface area contributed by atoms with Crippen molar-refractivity contribution in [3.8, 4) is 11.1 Å². The lowest BCUT2D eigenvalue weighted by molar-refractivity contribution is 0.103. The van der Waals surface area contributed by atoms with Crippen molar-refractivity contribution in [1.82, 2.24) is 4.98 Å². The number of nitrogens with one attached hydrogen (secondary N) is 2. The van der Waals surface area contributed by atoms with Crippen LogP contribution in [0.2, 0.25) is 5.02 Å². The van der Waals surface area contributed by atoms with Gasteiger partial charge in [-0.15, -0.1) is 0 Å². The molecule has 1 amide bonds. The zero-order valence-corrected chi connectivity index (χ0v) is 14.1. The van der Waals surface area contributed by atoms with Crippen molar-refractivity contribution in [2.45, 2.75) is 0 Å². The van der Waals surface area contributed by atoms with Crippen molar-refractivity contribution in [1.29, 1.82) is 0 Å². The number of H-pyrrole nitrogens is 1. The third-order valence-corrected chi connectivity index (χ3v) is 3.99. The van der Waals surface area contributed by atoms with Crippen LogP contribution in [-0.2, 0) is 4.74 Å². The van der Waals surface area contributed by atoms with E-state index in [0.29, 0.717) is 33.0 Å². The molecule has 0 aliphatic rings. The summed E-state index contributed by atoms with van der Waals surface area (Å²) in [4.78, 5) is 27.3. The minimum Gasteiger partial charge on any atom is -0.453 e. The highest BCUT2D eigenvalue weighted by atomic mass is 35.5. The number of carbonyl (C=O) groups excluding carboxylic acids is 2. The van der Waals surface area contributed by atoms with Crippen LogP contribution in [0, 0.1) is 0 Å². The highest BCUT2D eigenvalue weighted by molar-refractivity contribution is 6.30. The van der Waals surface area contributed by atoms with Crippen molar-refractivity contribution < 1.29 is 14.3 Å². The van der Waals surface area contributed by atoms with Crippen LogP contribution in [0.1, 0.15) is 15.9 Å². The van der Waals surface area contributed by atoms with E-state index in [1.807, 2.05) is 12.1 Å². The topological polar surface area (TPSA) is 71.2 Å². The maximum Gasteiger partial charge on any atom is 0.411 e. The van der Waals surface area contributed by atoms with Gasteiger partial charge in [0.25, 0.3) is 0 Å². The monoisotopic (exact) mass is 354 g/mol. The molecule has 5 nitrogen and oxygen atoms in total. The normalized spacial score (nSPS) is 10.3. The van der Waals surface area contributed by atoms with Gasteiger partial charge in [-0.05, 0) is 30.3 Å². The van der Waals surface area contributed by atoms with Gasteiger partial charge in [0, 0.05) is 39.7 Å². The predicted octanol–water partition coefficient (Wildman–Crippen LogP) is 4.74. The van der Waals surface area contributed by atoms with Gasteiger partial charge in [-0.1, -0.05) is 29.8 Å². The smallest absolute Gasteiger partial charge is 0.411 e. The van der Waals surface area contributed by atoms with E-state index in [1.54, 1.807) is 48.8 Å². The van der Waals surface area contributed by atoms with Crippen molar-refractivity contribution in [3.05, 3.63) is 77.1 Å². The Labute approximate surface area is 149 Å². The van der Waals surface area contributed by atoms with E-state index < -0.39 is 6.09 Å². The average Bonchev–Trinajstić information content (AvgIpc) is 3.11. The lowest BCUT2D eigenvalue weighted by atomic mass is 9.97. The summed E-state index contributed by atoms with van der Waals surface area (Å²) in [5, 5.41) is 3.23. The highest BCUT2D eigenvalue weighted by Crippen LogP contribution is 2.32. The van der Waals surface area contributed by atoms with Crippen LogP contribution in [0.15, 0.2) is 60.9 Å². The lowest BCUT2D eigenvalue weighted by Crippen LogP contribution is -2.12. The molecule has 0 saturated carbocycles. The summed E-state index contributed by atoms with van der Waals surface area (Å²) in [5.41, 5.74) is 2.99. The molecule has 0 bridgehead atoms. The average molecular weight is 355 g/mol.